The molecule has 0 heterocycles. The first-order valence-corrected chi connectivity index (χ1v) is 9.94. The minimum atomic E-state index is -0.767. The van der Waals surface area contributed by atoms with Crippen LogP contribution in [0.25, 0.3) is 0 Å². The van der Waals surface area contributed by atoms with E-state index in [1.165, 1.54) is 0 Å². The fourth-order valence-electron chi connectivity index (χ4n) is 6.00. The van der Waals surface area contributed by atoms with Crippen LogP contribution in [0.4, 0.5) is 0 Å². The molecule has 0 spiro atoms. The van der Waals surface area contributed by atoms with Gasteiger partial charge < -0.3 is 10.4 Å². The number of carbonyl (C=O) groups excluding carboxylic acids is 1. The Labute approximate surface area is 155 Å². The van der Waals surface area contributed by atoms with Crippen molar-refractivity contribution < 1.29 is 9.90 Å². The van der Waals surface area contributed by atoms with Crippen LogP contribution >= 0.6 is 11.6 Å². The van der Waals surface area contributed by atoms with E-state index in [0.29, 0.717) is 18.3 Å². The third-order valence-corrected chi connectivity index (χ3v) is 7.09. The second kappa shape index (κ2) is 5.99. The Morgan fingerprint density at radius 2 is 1.96 bits per heavy atom. The summed E-state index contributed by atoms with van der Waals surface area (Å²) in [5, 5.41) is 14.8. The number of alkyl halides is 1. The largest absolute Gasteiger partial charge is 0.389 e. The first-order chi connectivity index (χ1) is 11.8. The number of amides is 1. The summed E-state index contributed by atoms with van der Waals surface area (Å²) in [7, 11) is 0. The molecule has 1 aromatic rings. The van der Waals surface area contributed by atoms with Crippen molar-refractivity contribution in [3.8, 4) is 0 Å². The van der Waals surface area contributed by atoms with Crippen molar-refractivity contribution in [1.29, 1.82) is 0 Å². The molecule has 136 valence electrons. The van der Waals surface area contributed by atoms with E-state index in [1.807, 2.05) is 32.0 Å². The molecule has 25 heavy (non-hydrogen) atoms. The maximum atomic E-state index is 12.5. The lowest BCUT2D eigenvalue weighted by atomic mass is 9.47. The molecule has 6 atom stereocenters. The number of hydrogen-bond acceptors (Lipinski definition) is 2. The van der Waals surface area contributed by atoms with Gasteiger partial charge in [-0.2, -0.15) is 0 Å². The normalized spacial score (nSPS) is 40.3. The smallest absolute Gasteiger partial charge is 0.223 e. The van der Waals surface area contributed by atoms with Crippen LogP contribution in [-0.4, -0.2) is 21.5 Å². The van der Waals surface area contributed by atoms with Gasteiger partial charge in [0.05, 0.1) is 11.6 Å². The van der Waals surface area contributed by atoms with Gasteiger partial charge in [0.2, 0.25) is 5.91 Å². The summed E-state index contributed by atoms with van der Waals surface area (Å²) in [4.78, 5) is 12.3. The average Bonchev–Trinajstić information content (AvgIpc) is 2.51. The summed E-state index contributed by atoms with van der Waals surface area (Å²) in [5.74, 6) is 0.926. The predicted molar refractivity (Wildman–Crippen MR) is 99.3 cm³/mol. The number of aliphatic hydroxyl groups is 1. The summed E-state index contributed by atoms with van der Waals surface area (Å²) in [6.45, 7) is 3.83. The summed E-state index contributed by atoms with van der Waals surface area (Å²) in [6.07, 6.45) is 4.60. The van der Waals surface area contributed by atoms with Gasteiger partial charge in [-0.1, -0.05) is 44.2 Å². The van der Waals surface area contributed by atoms with E-state index < -0.39 is 5.60 Å². The van der Waals surface area contributed by atoms with Gasteiger partial charge in [-0.25, -0.2) is 0 Å². The van der Waals surface area contributed by atoms with E-state index in [0.717, 1.165) is 31.2 Å². The molecular formula is C21H28ClNO2. The van der Waals surface area contributed by atoms with Crippen molar-refractivity contribution in [1.82, 2.24) is 5.32 Å². The van der Waals surface area contributed by atoms with E-state index in [2.05, 4.69) is 17.4 Å². The zero-order valence-electron chi connectivity index (χ0n) is 15.0. The molecule has 2 N–H and O–H groups in total. The third-order valence-electron chi connectivity index (χ3n) is 6.65. The highest BCUT2D eigenvalue weighted by Crippen LogP contribution is 2.64. The molecule has 2 unspecified atom stereocenters. The van der Waals surface area contributed by atoms with Crippen LogP contribution in [0.2, 0.25) is 0 Å². The zero-order chi connectivity index (χ0) is 17.8. The lowest BCUT2D eigenvalue weighted by Gasteiger charge is -2.63. The van der Waals surface area contributed by atoms with Crippen LogP contribution < -0.4 is 5.32 Å². The Morgan fingerprint density at radius 3 is 2.56 bits per heavy atom. The molecule has 5 rings (SSSR count). The van der Waals surface area contributed by atoms with Crippen LogP contribution in [0.15, 0.2) is 30.3 Å². The highest BCUT2D eigenvalue weighted by molar-refractivity contribution is 6.24. The van der Waals surface area contributed by atoms with Gasteiger partial charge in [-0.15, -0.1) is 11.6 Å². The zero-order valence-corrected chi connectivity index (χ0v) is 15.8. The molecule has 1 aromatic carbocycles. The van der Waals surface area contributed by atoms with E-state index in [4.69, 9.17) is 11.6 Å². The van der Waals surface area contributed by atoms with Crippen LogP contribution in [0, 0.1) is 23.7 Å². The SMILES string of the molecule is CC(C)C(=O)N[C@@H](c1ccccc1)[C@H]1C2CC3C[C@](Cl)(C2)C[C@@]1(O)C3. The number of rotatable bonds is 4. The second-order valence-electron chi connectivity index (χ2n) is 8.98. The van der Waals surface area contributed by atoms with Crippen molar-refractivity contribution in [2.45, 2.75) is 62.5 Å². The molecule has 4 fully saturated rings. The summed E-state index contributed by atoms with van der Waals surface area (Å²) in [6, 6.07) is 9.99. The quantitative estimate of drug-likeness (QED) is 0.795. The fraction of sp³-hybridized carbons (Fsp3) is 0.667. The van der Waals surface area contributed by atoms with E-state index in [-0.39, 0.29) is 28.7 Å². The lowest BCUT2D eigenvalue weighted by molar-refractivity contribution is -0.175. The molecule has 4 heteroatoms. The average molecular weight is 362 g/mol. The standard InChI is InChI=1S/C21H28ClNO2/c1-13(2)19(24)23-18(15-6-4-3-5-7-15)17-16-8-14-9-20(22,11-16)12-21(17,25)10-14/h3-7,13-14,16-18,25H,8-12H2,1-2H3,(H,23,24)/t14?,16?,17-,18+,20+,21+/m1/s1. The van der Waals surface area contributed by atoms with Gasteiger partial charge in [0.15, 0.2) is 0 Å². The Bertz CT molecular complexity index is 663. The monoisotopic (exact) mass is 361 g/mol. The Morgan fingerprint density at radius 1 is 1.24 bits per heavy atom. The highest BCUT2D eigenvalue weighted by atomic mass is 35.5. The first kappa shape index (κ1) is 17.4. The topological polar surface area (TPSA) is 49.3 Å². The van der Waals surface area contributed by atoms with Crippen LogP contribution in [0.1, 0.15) is 57.6 Å². The van der Waals surface area contributed by atoms with E-state index >= 15 is 0 Å². The van der Waals surface area contributed by atoms with Crippen LogP contribution in [0.3, 0.4) is 0 Å². The van der Waals surface area contributed by atoms with Crippen molar-refractivity contribution in [2.75, 3.05) is 0 Å². The summed E-state index contributed by atoms with van der Waals surface area (Å²) in [5.41, 5.74) is 0.322. The van der Waals surface area contributed by atoms with Crippen molar-refractivity contribution in [2.24, 2.45) is 23.7 Å². The van der Waals surface area contributed by atoms with Gasteiger partial charge in [0, 0.05) is 16.7 Å². The first-order valence-electron chi connectivity index (χ1n) is 9.56. The number of nitrogens with one attached hydrogen (secondary N) is 1. The molecule has 4 bridgehead atoms. The molecule has 3 nitrogen and oxygen atoms in total. The van der Waals surface area contributed by atoms with Crippen LogP contribution in [0.5, 0.6) is 0 Å². The van der Waals surface area contributed by atoms with Gasteiger partial charge >= 0.3 is 0 Å². The summed E-state index contributed by atoms with van der Waals surface area (Å²) < 4.78 is 0. The number of halogens is 1. The Kier molecular flexibility index (Phi) is 4.16. The molecule has 0 aliphatic heterocycles. The van der Waals surface area contributed by atoms with Crippen molar-refractivity contribution >= 4 is 17.5 Å². The van der Waals surface area contributed by atoms with Crippen LogP contribution in [-0.2, 0) is 4.79 Å². The van der Waals surface area contributed by atoms with Gasteiger partial charge in [-0.3, -0.25) is 4.79 Å². The molecule has 0 radical (unpaired) electrons. The number of carbonyl (C=O) groups is 1. The molecular weight excluding hydrogens is 334 g/mol. The Balaban J connectivity index is 1.71. The number of benzene rings is 1. The Hall–Kier alpha value is -1.06. The minimum absolute atomic E-state index is 0.0426. The molecule has 1 amide bonds. The highest BCUT2D eigenvalue weighted by Gasteiger charge is 2.63. The second-order valence-corrected chi connectivity index (χ2v) is 9.78. The predicted octanol–water partition coefficient (Wildman–Crippen LogP) is 4.05. The van der Waals surface area contributed by atoms with Gasteiger partial charge in [-0.05, 0) is 49.5 Å². The molecule has 0 aromatic heterocycles. The van der Waals surface area contributed by atoms with Gasteiger partial charge in [0.25, 0.3) is 0 Å². The molecule has 4 saturated carbocycles. The molecule has 0 saturated heterocycles. The van der Waals surface area contributed by atoms with E-state index in [9.17, 15) is 9.90 Å². The maximum Gasteiger partial charge on any atom is 0.223 e. The summed E-state index contributed by atoms with van der Waals surface area (Å²) >= 11 is 6.85. The maximum absolute atomic E-state index is 12.5. The minimum Gasteiger partial charge on any atom is -0.389 e. The lowest BCUT2D eigenvalue weighted by Crippen LogP contribution is -2.64. The molecule has 4 aliphatic carbocycles. The molecule has 4 aliphatic rings. The number of hydrogen-bond donors (Lipinski definition) is 2. The van der Waals surface area contributed by atoms with Gasteiger partial charge in [0.1, 0.15) is 0 Å². The van der Waals surface area contributed by atoms with Crippen molar-refractivity contribution in [3.05, 3.63) is 35.9 Å². The van der Waals surface area contributed by atoms with Crippen molar-refractivity contribution in [3.63, 3.8) is 0 Å². The third kappa shape index (κ3) is 3.00. The fourth-order valence-corrected chi connectivity index (χ4v) is 6.64. The van der Waals surface area contributed by atoms with E-state index in [1.54, 1.807) is 0 Å².